The van der Waals surface area contributed by atoms with Gasteiger partial charge in [-0.3, -0.25) is 4.79 Å². The second-order valence-electron chi connectivity index (χ2n) is 8.34. The maximum Gasteiger partial charge on any atom is 0.227 e. The van der Waals surface area contributed by atoms with Crippen molar-refractivity contribution in [2.75, 3.05) is 41.3 Å². The Bertz CT molecular complexity index is 901. The van der Waals surface area contributed by atoms with Crippen LogP contribution < -0.4 is 15.1 Å². The number of nitrogens with zero attached hydrogens (tertiary/aromatic N) is 4. The molecule has 1 amide bonds. The molecule has 1 aromatic heterocycles. The van der Waals surface area contributed by atoms with Gasteiger partial charge in [-0.05, 0) is 49.8 Å². The Labute approximate surface area is 182 Å². The molecule has 160 valence electrons. The second-order valence-corrected chi connectivity index (χ2v) is 8.78. The van der Waals surface area contributed by atoms with E-state index in [1.807, 2.05) is 0 Å². The third-order valence-corrected chi connectivity index (χ3v) is 6.26. The summed E-state index contributed by atoms with van der Waals surface area (Å²) >= 11 is 5.97. The van der Waals surface area contributed by atoms with Crippen LogP contribution in [-0.4, -0.2) is 47.2 Å². The SMILES string of the molecule is CC1CCCN(c2cc(N3CCC(C(=O)Nc4cc(Cl)ccc4O)CC3)ncn2)C1. The van der Waals surface area contributed by atoms with Gasteiger partial charge in [0.1, 0.15) is 23.7 Å². The van der Waals surface area contributed by atoms with Gasteiger partial charge in [-0.15, -0.1) is 0 Å². The van der Waals surface area contributed by atoms with Crippen molar-refractivity contribution < 1.29 is 9.90 Å². The normalized spacial score (nSPS) is 20.3. The molecule has 2 saturated heterocycles. The molecule has 8 heteroatoms. The van der Waals surface area contributed by atoms with Crippen LogP contribution in [0.1, 0.15) is 32.6 Å². The van der Waals surface area contributed by atoms with Gasteiger partial charge in [0.05, 0.1) is 5.69 Å². The molecular weight excluding hydrogens is 402 g/mol. The molecule has 2 aliphatic rings. The van der Waals surface area contributed by atoms with E-state index >= 15 is 0 Å². The smallest absolute Gasteiger partial charge is 0.227 e. The van der Waals surface area contributed by atoms with Crippen molar-refractivity contribution in [3.05, 3.63) is 35.6 Å². The molecule has 2 N–H and O–H groups in total. The summed E-state index contributed by atoms with van der Waals surface area (Å²) in [5.41, 5.74) is 0.353. The van der Waals surface area contributed by atoms with E-state index in [1.165, 1.54) is 18.9 Å². The number of nitrogens with one attached hydrogen (secondary N) is 1. The van der Waals surface area contributed by atoms with Crippen LogP contribution in [0, 0.1) is 11.8 Å². The minimum Gasteiger partial charge on any atom is -0.506 e. The minimum atomic E-state index is -0.108. The Morgan fingerprint density at radius 2 is 1.83 bits per heavy atom. The fourth-order valence-corrected chi connectivity index (χ4v) is 4.47. The number of hydrogen-bond acceptors (Lipinski definition) is 6. The van der Waals surface area contributed by atoms with Gasteiger partial charge < -0.3 is 20.2 Å². The third-order valence-electron chi connectivity index (χ3n) is 6.03. The Balaban J connectivity index is 1.36. The number of halogens is 1. The minimum absolute atomic E-state index is 0.0192. The Kier molecular flexibility index (Phi) is 6.27. The number of aromatic nitrogens is 2. The molecule has 0 aliphatic carbocycles. The monoisotopic (exact) mass is 429 g/mol. The van der Waals surface area contributed by atoms with Gasteiger partial charge in [-0.25, -0.2) is 9.97 Å². The number of piperidine rings is 2. The van der Waals surface area contributed by atoms with E-state index in [1.54, 1.807) is 18.5 Å². The van der Waals surface area contributed by atoms with Crippen LogP contribution in [0.15, 0.2) is 30.6 Å². The quantitative estimate of drug-likeness (QED) is 0.717. The van der Waals surface area contributed by atoms with E-state index < -0.39 is 0 Å². The summed E-state index contributed by atoms with van der Waals surface area (Å²) in [6, 6.07) is 6.71. The summed E-state index contributed by atoms with van der Waals surface area (Å²) in [6.07, 6.45) is 5.57. The molecular formula is C22H28ClN5O2. The van der Waals surface area contributed by atoms with Gasteiger partial charge in [-0.2, -0.15) is 0 Å². The van der Waals surface area contributed by atoms with Gasteiger partial charge in [-0.1, -0.05) is 18.5 Å². The van der Waals surface area contributed by atoms with Crippen molar-refractivity contribution in [1.82, 2.24) is 9.97 Å². The number of anilines is 3. The lowest BCUT2D eigenvalue weighted by Crippen LogP contribution is -2.39. The van der Waals surface area contributed by atoms with Crippen molar-refractivity contribution in [2.45, 2.75) is 32.6 Å². The van der Waals surface area contributed by atoms with E-state index in [-0.39, 0.29) is 17.6 Å². The van der Waals surface area contributed by atoms with Crippen molar-refractivity contribution in [3.8, 4) is 5.75 Å². The van der Waals surface area contributed by atoms with Gasteiger partial charge in [0, 0.05) is 43.2 Å². The predicted octanol–water partition coefficient (Wildman–Crippen LogP) is 3.93. The predicted molar refractivity (Wildman–Crippen MR) is 119 cm³/mol. The molecule has 4 rings (SSSR count). The first kappa shape index (κ1) is 20.7. The first-order valence-electron chi connectivity index (χ1n) is 10.6. The summed E-state index contributed by atoms with van der Waals surface area (Å²) in [4.78, 5) is 26.2. The highest BCUT2D eigenvalue weighted by Crippen LogP contribution is 2.30. The largest absolute Gasteiger partial charge is 0.506 e. The van der Waals surface area contributed by atoms with Crippen molar-refractivity contribution >= 4 is 34.8 Å². The van der Waals surface area contributed by atoms with Crippen molar-refractivity contribution in [2.24, 2.45) is 11.8 Å². The van der Waals surface area contributed by atoms with E-state index in [4.69, 9.17) is 11.6 Å². The van der Waals surface area contributed by atoms with Crippen LogP contribution in [0.3, 0.4) is 0 Å². The molecule has 2 fully saturated rings. The molecule has 7 nitrogen and oxygen atoms in total. The van der Waals surface area contributed by atoms with E-state index in [9.17, 15) is 9.90 Å². The number of hydrogen-bond donors (Lipinski definition) is 2. The van der Waals surface area contributed by atoms with Crippen LogP contribution in [0.2, 0.25) is 5.02 Å². The van der Waals surface area contributed by atoms with Crippen LogP contribution in [0.5, 0.6) is 5.75 Å². The zero-order valence-corrected chi connectivity index (χ0v) is 18.0. The molecule has 0 radical (unpaired) electrons. The summed E-state index contributed by atoms with van der Waals surface area (Å²) in [7, 11) is 0. The zero-order valence-electron chi connectivity index (χ0n) is 17.2. The highest BCUT2D eigenvalue weighted by atomic mass is 35.5. The first-order chi connectivity index (χ1) is 14.5. The highest BCUT2D eigenvalue weighted by molar-refractivity contribution is 6.31. The summed E-state index contributed by atoms with van der Waals surface area (Å²) in [5.74, 6) is 2.42. The zero-order chi connectivity index (χ0) is 21.1. The molecule has 2 aromatic rings. The van der Waals surface area contributed by atoms with Crippen molar-refractivity contribution in [1.29, 1.82) is 0 Å². The number of carbonyl (C=O) groups excluding carboxylic acids is 1. The molecule has 1 unspecified atom stereocenters. The molecule has 1 aromatic carbocycles. The number of amides is 1. The number of phenols is 1. The number of phenolic OH excluding ortho intramolecular Hbond substituents is 1. The topological polar surface area (TPSA) is 81.6 Å². The molecule has 0 saturated carbocycles. The number of carbonyl (C=O) groups is 1. The maximum absolute atomic E-state index is 12.6. The molecule has 0 bridgehead atoms. The third kappa shape index (κ3) is 4.78. The molecule has 3 heterocycles. The fraction of sp³-hybridized carbons (Fsp3) is 0.500. The molecule has 30 heavy (non-hydrogen) atoms. The summed E-state index contributed by atoms with van der Waals surface area (Å²) < 4.78 is 0. The summed E-state index contributed by atoms with van der Waals surface area (Å²) in [5, 5.41) is 13.2. The molecule has 0 spiro atoms. The number of benzene rings is 1. The van der Waals surface area contributed by atoms with Gasteiger partial charge in [0.15, 0.2) is 0 Å². The average molecular weight is 430 g/mol. The van der Waals surface area contributed by atoms with Crippen LogP contribution >= 0.6 is 11.6 Å². The molecule has 1 atom stereocenters. The maximum atomic E-state index is 12.6. The average Bonchev–Trinajstić information content (AvgIpc) is 2.76. The van der Waals surface area contributed by atoms with E-state index in [2.05, 4.69) is 38.1 Å². The van der Waals surface area contributed by atoms with Crippen LogP contribution in [-0.2, 0) is 4.79 Å². The van der Waals surface area contributed by atoms with Crippen LogP contribution in [0.4, 0.5) is 17.3 Å². The highest BCUT2D eigenvalue weighted by Gasteiger charge is 2.27. The first-order valence-corrected chi connectivity index (χ1v) is 11.0. The Hall–Kier alpha value is -2.54. The number of aromatic hydroxyl groups is 1. The van der Waals surface area contributed by atoms with Gasteiger partial charge >= 0.3 is 0 Å². The molecule has 2 aliphatic heterocycles. The Morgan fingerprint density at radius 1 is 1.10 bits per heavy atom. The fourth-order valence-electron chi connectivity index (χ4n) is 4.29. The lowest BCUT2D eigenvalue weighted by Gasteiger charge is -2.34. The van der Waals surface area contributed by atoms with Crippen molar-refractivity contribution in [3.63, 3.8) is 0 Å². The van der Waals surface area contributed by atoms with Crippen LogP contribution in [0.25, 0.3) is 0 Å². The van der Waals surface area contributed by atoms with Gasteiger partial charge in [0.25, 0.3) is 0 Å². The van der Waals surface area contributed by atoms with E-state index in [0.29, 0.717) is 16.6 Å². The standard InChI is InChI=1S/C22H28ClN5O2/c1-15-3-2-8-28(13-15)21-12-20(24-14-25-21)27-9-6-16(7-10-27)22(30)26-18-11-17(23)4-5-19(18)29/h4-5,11-12,14-16,29H,2-3,6-10,13H2,1H3,(H,26,30). The lowest BCUT2D eigenvalue weighted by molar-refractivity contribution is -0.120. The summed E-state index contributed by atoms with van der Waals surface area (Å²) in [6.45, 7) is 5.88. The van der Waals surface area contributed by atoms with Gasteiger partial charge in [0.2, 0.25) is 5.91 Å². The Morgan fingerprint density at radius 3 is 2.57 bits per heavy atom. The number of rotatable bonds is 4. The van der Waals surface area contributed by atoms with E-state index in [0.717, 1.165) is 50.7 Å². The lowest BCUT2D eigenvalue weighted by atomic mass is 9.95. The second kappa shape index (κ2) is 9.08.